The summed E-state index contributed by atoms with van der Waals surface area (Å²) in [5, 5.41) is 10.2. The standard InChI is InChI=1S/C26H28F7NO4/c1-14(16-9-17(25(28,29)30)11-18(10-16)26(31,32)33)37-22-20(15-5-7-19(27)8-6-15)12-34(21(22)13-35)23(36)38-24(2,3)4/h5-11,14,20-22,35H,12-13H2,1-4H3/t14-,20-,21-,22-/m0/s1. The molecule has 12 heteroatoms. The largest absolute Gasteiger partial charge is 0.444 e. The lowest BCUT2D eigenvalue weighted by Crippen LogP contribution is -2.45. The summed E-state index contributed by atoms with van der Waals surface area (Å²) in [7, 11) is 0. The Morgan fingerprint density at radius 2 is 1.53 bits per heavy atom. The number of likely N-dealkylation sites (tertiary alicyclic amines) is 1. The lowest BCUT2D eigenvalue weighted by molar-refractivity contribution is -0.143. The number of alkyl halides is 6. The molecule has 0 spiro atoms. The van der Waals surface area contributed by atoms with Crippen LogP contribution in [-0.4, -0.2) is 47.0 Å². The van der Waals surface area contributed by atoms with Gasteiger partial charge in [-0.05, 0) is 69.2 Å². The number of halogens is 7. The van der Waals surface area contributed by atoms with Gasteiger partial charge in [0.05, 0.1) is 36.0 Å². The predicted octanol–water partition coefficient (Wildman–Crippen LogP) is 6.70. The van der Waals surface area contributed by atoms with E-state index in [1.165, 1.54) is 36.1 Å². The van der Waals surface area contributed by atoms with E-state index in [4.69, 9.17) is 9.47 Å². The highest BCUT2D eigenvalue weighted by molar-refractivity contribution is 5.69. The van der Waals surface area contributed by atoms with Crippen LogP contribution in [0.1, 0.15) is 62.0 Å². The van der Waals surface area contributed by atoms with Gasteiger partial charge in [0.15, 0.2) is 0 Å². The van der Waals surface area contributed by atoms with E-state index in [-0.39, 0.29) is 12.6 Å². The smallest absolute Gasteiger partial charge is 0.416 e. The molecule has 0 radical (unpaired) electrons. The van der Waals surface area contributed by atoms with E-state index >= 15 is 0 Å². The molecule has 1 N–H and O–H groups in total. The molecular weight excluding hydrogens is 523 g/mol. The van der Waals surface area contributed by atoms with Gasteiger partial charge in [-0.15, -0.1) is 0 Å². The minimum atomic E-state index is -5.04. The maximum Gasteiger partial charge on any atom is 0.416 e. The van der Waals surface area contributed by atoms with E-state index in [1.54, 1.807) is 20.8 Å². The van der Waals surface area contributed by atoms with Crippen molar-refractivity contribution in [2.24, 2.45) is 0 Å². The van der Waals surface area contributed by atoms with Crippen LogP contribution in [-0.2, 0) is 21.8 Å². The molecule has 2 aromatic carbocycles. The number of aliphatic hydroxyl groups is 1. The van der Waals surface area contributed by atoms with E-state index in [1.807, 2.05) is 0 Å². The summed E-state index contributed by atoms with van der Waals surface area (Å²) in [5.74, 6) is -1.24. The molecule has 1 amide bonds. The molecule has 5 nitrogen and oxygen atoms in total. The lowest BCUT2D eigenvalue weighted by atomic mass is 9.93. The van der Waals surface area contributed by atoms with Gasteiger partial charge >= 0.3 is 18.4 Å². The minimum absolute atomic E-state index is 0.0217. The molecule has 0 bridgehead atoms. The Hall–Kier alpha value is -2.86. The second-order valence-corrected chi connectivity index (χ2v) is 10.1. The SMILES string of the molecule is C[C@H](O[C@H]1[C@H](c2ccc(F)cc2)CN(C(=O)OC(C)(C)C)[C@H]1CO)c1cc(C(F)(F)F)cc(C(F)(F)F)c1. The number of carbonyl (C=O) groups is 1. The van der Waals surface area contributed by atoms with Crippen LogP contribution < -0.4 is 0 Å². The van der Waals surface area contributed by atoms with Crippen LogP contribution in [0.5, 0.6) is 0 Å². The van der Waals surface area contributed by atoms with Crippen LogP contribution in [0.4, 0.5) is 35.5 Å². The van der Waals surface area contributed by atoms with Crippen molar-refractivity contribution in [2.75, 3.05) is 13.2 Å². The Kier molecular flexibility index (Phi) is 8.38. The Morgan fingerprint density at radius 3 is 1.97 bits per heavy atom. The summed E-state index contributed by atoms with van der Waals surface area (Å²) in [6.45, 7) is 5.49. The van der Waals surface area contributed by atoms with Crippen LogP contribution in [0.25, 0.3) is 0 Å². The van der Waals surface area contributed by atoms with E-state index < -0.39 is 77.3 Å². The van der Waals surface area contributed by atoms with E-state index in [9.17, 15) is 40.6 Å². The maximum absolute atomic E-state index is 13.6. The molecule has 1 heterocycles. The third-order valence-corrected chi connectivity index (χ3v) is 6.12. The molecule has 2 aromatic rings. The van der Waals surface area contributed by atoms with Gasteiger partial charge < -0.3 is 14.6 Å². The number of nitrogens with zero attached hydrogens (tertiary/aromatic N) is 1. The zero-order chi connectivity index (χ0) is 28.6. The fourth-order valence-electron chi connectivity index (χ4n) is 4.35. The minimum Gasteiger partial charge on any atom is -0.444 e. The molecule has 0 unspecified atom stereocenters. The van der Waals surface area contributed by atoms with Crippen molar-refractivity contribution in [1.82, 2.24) is 4.90 Å². The fourth-order valence-corrected chi connectivity index (χ4v) is 4.35. The molecule has 0 aliphatic carbocycles. The Labute approximate surface area is 215 Å². The first-order valence-corrected chi connectivity index (χ1v) is 11.7. The highest BCUT2D eigenvalue weighted by Gasteiger charge is 2.47. The van der Waals surface area contributed by atoms with Gasteiger partial charge in [0.1, 0.15) is 11.4 Å². The van der Waals surface area contributed by atoms with Crippen LogP contribution in [0.15, 0.2) is 42.5 Å². The molecule has 3 rings (SSSR count). The molecule has 0 aromatic heterocycles. The summed E-state index contributed by atoms with van der Waals surface area (Å²) in [4.78, 5) is 14.1. The predicted molar refractivity (Wildman–Crippen MR) is 123 cm³/mol. The van der Waals surface area contributed by atoms with Crippen molar-refractivity contribution >= 4 is 6.09 Å². The van der Waals surface area contributed by atoms with Gasteiger partial charge in [-0.3, -0.25) is 4.90 Å². The normalized spacial score (nSPS) is 21.5. The van der Waals surface area contributed by atoms with Gasteiger partial charge in [0.2, 0.25) is 0 Å². The molecule has 38 heavy (non-hydrogen) atoms. The van der Waals surface area contributed by atoms with Gasteiger partial charge in [-0.2, -0.15) is 26.3 Å². The Balaban J connectivity index is 2.02. The second-order valence-electron chi connectivity index (χ2n) is 10.1. The molecule has 4 atom stereocenters. The van der Waals surface area contributed by atoms with Crippen LogP contribution in [0.2, 0.25) is 0 Å². The first kappa shape index (κ1) is 29.7. The maximum atomic E-state index is 13.6. The molecular formula is C26H28F7NO4. The van der Waals surface area contributed by atoms with E-state index in [0.717, 1.165) is 0 Å². The summed E-state index contributed by atoms with van der Waals surface area (Å²) in [6, 6.07) is 5.32. The zero-order valence-corrected chi connectivity index (χ0v) is 21.0. The van der Waals surface area contributed by atoms with E-state index in [2.05, 4.69) is 0 Å². The number of aliphatic hydroxyl groups excluding tert-OH is 1. The number of hydrogen-bond donors (Lipinski definition) is 1. The lowest BCUT2D eigenvalue weighted by Gasteiger charge is -2.31. The van der Waals surface area contributed by atoms with Crippen molar-refractivity contribution < 1.29 is 50.1 Å². The van der Waals surface area contributed by atoms with Crippen LogP contribution in [0, 0.1) is 5.82 Å². The average Bonchev–Trinajstić information content (AvgIpc) is 3.15. The third kappa shape index (κ3) is 6.96. The highest BCUT2D eigenvalue weighted by Crippen LogP contribution is 2.41. The van der Waals surface area contributed by atoms with Gasteiger partial charge in [-0.25, -0.2) is 9.18 Å². The fraction of sp³-hybridized carbons (Fsp3) is 0.500. The van der Waals surface area contributed by atoms with Crippen molar-refractivity contribution in [2.45, 2.75) is 69.8 Å². The average molecular weight is 551 g/mol. The Bertz CT molecular complexity index is 1090. The number of ether oxygens (including phenoxy) is 2. The van der Waals surface area contributed by atoms with Gasteiger partial charge in [-0.1, -0.05) is 12.1 Å². The summed E-state index contributed by atoms with van der Waals surface area (Å²) >= 11 is 0. The Morgan fingerprint density at radius 1 is 1.00 bits per heavy atom. The van der Waals surface area contributed by atoms with Crippen molar-refractivity contribution in [1.29, 1.82) is 0 Å². The van der Waals surface area contributed by atoms with Crippen molar-refractivity contribution in [3.63, 3.8) is 0 Å². The number of hydrogen-bond acceptors (Lipinski definition) is 4. The monoisotopic (exact) mass is 551 g/mol. The molecule has 0 saturated carbocycles. The molecule has 1 saturated heterocycles. The number of rotatable bonds is 5. The number of benzene rings is 2. The summed E-state index contributed by atoms with van der Waals surface area (Å²) in [5.41, 5.74) is -3.77. The van der Waals surface area contributed by atoms with E-state index in [0.29, 0.717) is 17.7 Å². The topological polar surface area (TPSA) is 59.0 Å². The molecule has 210 valence electrons. The molecule has 1 aliphatic heterocycles. The number of amides is 1. The molecule has 1 aliphatic rings. The highest BCUT2D eigenvalue weighted by atomic mass is 19.4. The van der Waals surface area contributed by atoms with Crippen molar-refractivity contribution in [3.8, 4) is 0 Å². The third-order valence-electron chi connectivity index (χ3n) is 6.12. The zero-order valence-electron chi connectivity index (χ0n) is 21.0. The van der Waals surface area contributed by atoms with Crippen LogP contribution in [0.3, 0.4) is 0 Å². The summed E-state index contributed by atoms with van der Waals surface area (Å²) in [6.07, 6.45) is -13.3. The van der Waals surface area contributed by atoms with Gasteiger partial charge in [0.25, 0.3) is 0 Å². The second kappa shape index (κ2) is 10.7. The summed E-state index contributed by atoms with van der Waals surface area (Å²) < 4.78 is 105. The quantitative estimate of drug-likeness (QED) is 0.420. The first-order chi connectivity index (χ1) is 17.4. The van der Waals surface area contributed by atoms with Gasteiger partial charge in [0, 0.05) is 12.5 Å². The van der Waals surface area contributed by atoms with Crippen molar-refractivity contribution in [3.05, 3.63) is 70.5 Å². The first-order valence-electron chi connectivity index (χ1n) is 11.7. The van der Waals surface area contributed by atoms with Crippen LogP contribution >= 0.6 is 0 Å². The number of carbonyl (C=O) groups excluding carboxylic acids is 1. The molecule has 1 fully saturated rings.